The van der Waals surface area contributed by atoms with Gasteiger partial charge in [-0.15, -0.1) is 0 Å². The molecule has 6 heterocycles. The summed E-state index contributed by atoms with van der Waals surface area (Å²) in [5, 5.41) is 14.6. The lowest BCUT2D eigenvalue weighted by Crippen LogP contribution is -1.84. The molecule has 0 aliphatic carbocycles. The molecular formula is C29H35N13. The first-order valence-electron chi connectivity index (χ1n) is 12.6. The highest BCUT2D eigenvalue weighted by molar-refractivity contribution is 5.00. The van der Waals surface area contributed by atoms with Gasteiger partial charge in [0.25, 0.3) is 0 Å². The first-order valence-corrected chi connectivity index (χ1v) is 12.6. The highest BCUT2D eigenvalue weighted by Crippen LogP contribution is 1.86. The van der Waals surface area contributed by atoms with Crippen LogP contribution in [0.3, 0.4) is 0 Å². The number of nitrogens with zero attached hydrogens (tertiary/aromatic N) is 13. The molecule has 0 saturated carbocycles. The van der Waals surface area contributed by atoms with E-state index >= 15 is 0 Å². The monoisotopic (exact) mass is 565 g/mol. The molecule has 0 aliphatic rings. The van der Waals surface area contributed by atoms with Crippen LogP contribution in [0.5, 0.6) is 0 Å². The molecule has 0 atom stereocenters. The van der Waals surface area contributed by atoms with E-state index in [1.807, 2.05) is 65.8 Å². The minimum absolute atomic E-state index is 0.759. The van der Waals surface area contributed by atoms with Crippen LogP contribution in [0.2, 0.25) is 0 Å². The zero-order chi connectivity index (χ0) is 30.7. The van der Waals surface area contributed by atoms with Gasteiger partial charge in [0.2, 0.25) is 0 Å². The first-order chi connectivity index (χ1) is 20.4. The van der Waals surface area contributed by atoms with Crippen molar-refractivity contribution >= 4 is 0 Å². The van der Waals surface area contributed by atoms with E-state index in [1.54, 1.807) is 55.6 Å². The van der Waals surface area contributed by atoms with Crippen LogP contribution in [-0.2, 0) is 0 Å². The Labute approximate surface area is 246 Å². The largest absolute Gasteiger partial charge is 0.245 e. The number of hydrogen-bond acceptors (Lipinski definition) is 13. The van der Waals surface area contributed by atoms with Crippen LogP contribution in [0.1, 0.15) is 34.2 Å². The van der Waals surface area contributed by atoms with Gasteiger partial charge < -0.3 is 0 Å². The Morgan fingerprint density at radius 1 is 0.405 bits per heavy atom. The summed E-state index contributed by atoms with van der Waals surface area (Å²) in [6.45, 7) is 11.5. The standard InChI is InChI=1S/5C5H6N2.C4H5N3/c1-5-2-6-4-7-3-5;1-5-2-3-6-4-7-5;1-5-2-3-6-7-4-5;1-5-6-3-2-4-7-5;1-5-3-2-4-6-7-5;1-4-6-2-5-3-7-4/h5*2-4H,1H3;2-3H,1H3. The van der Waals surface area contributed by atoms with Crippen LogP contribution in [0.4, 0.5) is 0 Å². The van der Waals surface area contributed by atoms with Gasteiger partial charge in [0, 0.05) is 49.1 Å². The van der Waals surface area contributed by atoms with E-state index < -0.39 is 0 Å². The van der Waals surface area contributed by atoms with E-state index in [4.69, 9.17) is 0 Å². The normalized spacial score (nSPS) is 8.71. The van der Waals surface area contributed by atoms with Gasteiger partial charge in [-0.25, -0.2) is 44.9 Å². The molecule has 0 fully saturated rings. The minimum atomic E-state index is 0.759. The zero-order valence-corrected chi connectivity index (χ0v) is 24.6. The Hall–Kier alpha value is -5.59. The van der Waals surface area contributed by atoms with Crippen LogP contribution in [0, 0.1) is 41.5 Å². The van der Waals surface area contributed by atoms with Crippen molar-refractivity contribution in [1.82, 2.24) is 65.3 Å². The van der Waals surface area contributed by atoms with Crippen molar-refractivity contribution in [3.8, 4) is 0 Å². The Morgan fingerprint density at radius 2 is 1.07 bits per heavy atom. The third-order valence-electron chi connectivity index (χ3n) is 4.17. The van der Waals surface area contributed by atoms with E-state index in [-0.39, 0.29) is 0 Å². The van der Waals surface area contributed by atoms with Gasteiger partial charge in [-0.2, -0.15) is 20.4 Å². The van der Waals surface area contributed by atoms with Crippen molar-refractivity contribution in [3.05, 3.63) is 139 Å². The molecule has 0 aromatic carbocycles. The summed E-state index contributed by atoms with van der Waals surface area (Å²) in [7, 11) is 0. The van der Waals surface area contributed by atoms with Crippen molar-refractivity contribution in [2.45, 2.75) is 41.5 Å². The molecular weight excluding hydrogens is 530 g/mol. The Kier molecular flexibility index (Phi) is 19.1. The Balaban J connectivity index is 0.000000252. The fraction of sp³-hybridized carbons (Fsp3) is 0.207. The number of hydrogen-bond donors (Lipinski definition) is 0. The second kappa shape index (κ2) is 23.3. The Bertz CT molecular complexity index is 1110. The van der Waals surface area contributed by atoms with E-state index in [0.29, 0.717) is 0 Å². The lowest BCUT2D eigenvalue weighted by Gasteiger charge is -1.81. The topological polar surface area (TPSA) is 168 Å². The summed E-state index contributed by atoms with van der Waals surface area (Å²) < 4.78 is 0. The van der Waals surface area contributed by atoms with Crippen molar-refractivity contribution in [1.29, 1.82) is 0 Å². The quantitative estimate of drug-likeness (QED) is 0.258. The molecule has 6 aromatic rings. The van der Waals surface area contributed by atoms with E-state index in [9.17, 15) is 0 Å². The van der Waals surface area contributed by atoms with Crippen molar-refractivity contribution in [3.63, 3.8) is 0 Å². The van der Waals surface area contributed by atoms with E-state index in [0.717, 1.165) is 34.2 Å². The van der Waals surface area contributed by atoms with Crippen LogP contribution in [-0.4, -0.2) is 65.3 Å². The average molecular weight is 566 g/mol. The van der Waals surface area contributed by atoms with Crippen LogP contribution >= 0.6 is 0 Å². The summed E-state index contributed by atoms with van der Waals surface area (Å²) in [5.74, 6) is 1.58. The summed E-state index contributed by atoms with van der Waals surface area (Å²) >= 11 is 0. The maximum Gasteiger partial charge on any atom is 0.128 e. The van der Waals surface area contributed by atoms with Gasteiger partial charge in [0.15, 0.2) is 0 Å². The first kappa shape index (κ1) is 34.4. The van der Waals surface area contributed by atoms with E-state index in [2.05, 4.69) is 65.3 Å². The second-order valence-electron chi connectivity index (χ2n) is 8.03. The molecule has 13 heteroatoms. The van der Waals surface area contributed by atoms with Crippen molar-refractivity contribution in [2.75, 3.05) is 0 Å². The fourth-order valence-corrected chi connectivity index (χ4v) is 2.14. The number of aryl methyl sites for hydroxylation is 6. The maximum absolute atomic E-state index is 3.87. The molecule has 42 heavy (non-hydrogen) atoms. The molecule has 0 spiro atoms. The summed E-state index contributed by atoms with van der Waals surface area (Å²) in [6.07, 6.45) is 19.8. The third kappa shape index (κ3) is 21.4. The van der Waals surface area contributed by atoms with Gasteiger partial charge >= 0.3 is 0 Å². The summed E-state index contributed by atoms with van der Waals surface area (Å²) in [5.41, 5.74) is 4.22. The van der Waals surface area contributed by atoms with Crippen molar-refractivity contribution < 1.29 is 0 Å². The highest BCUT2D eigenvalue weighted by Gasteiger charge is 1.78. The van der Waals surface area contributed by atoms with Gasteiger partial charge in [-0.05, 0) is 83.0 Å². The molecule has 216 valence electrons. The van der Waals surface area contributed by atoms with Crippen LogP contribution in [0.25, 0.3) is 0 Å². The van der Waals surface area contributed by atoms with E-state index in [1.165, 1.54) is 25.3 Å². The smallest absolute Gasteiger partial charge is 0.128 e. The van der Waals surface area contributed by atoms with Gasteiger partial charge in [-0.3, -0.25) is 0 Å². The molecule has 0 aliphatic heterocycles. The predicted molar refractivity (Wildman–Crippen MR) is 158 cm³/mol. The zero-order valence-electron chi connectivity index (χ0n) is 24.6. The Morgan fingerprint density at radius 3 is 1.36 bits per heavy atom. The van der Waals surface area contributed by atoms with Crippen molar-refractivity contribution in [2.24, 2.45) is 0 Å². The van der Waals surface area contributed by atoms with Gasteiger partial charge in [-0.1, -0.05) is 0 Å². The summed E-state index contributed by atoms with van der Waals surface area (Å²) in [4.78, 5) is 34.0. The molecule has 0 amide bonds. The predicted octanol–water partition coefficient (Wildman–Crippen LogP) is 4.11. The van der Waals surface area contributed by atoms with Crippen LogP contribution < -0.4 is 0 Å². The molecule has 6 rings (SSSR count). The SMILES string of the molecule is Cc1cccnn1.Cc1ccncn1.Cc1ccnnc1.Cc1cncnc1.Cc1ncccn1.Cc1ncncn1. The molecule has 13 nitrogen and oxygen atoms in total. The molecule has 0 radical (unpaired) electrons. The average Bonchev–Trinajstić information content (AvgIpc) is 3.01. The third-order valence-corrected chi connectivity index (χ3v) is 4.17. The fourth-order valence-electron chi connectivity index (χ4n) is 2.14. The lowest BCUT2D eigenvalue weighted by atomic mass is 10.4. The number of aromatic nitrogens is 13. The van der Waals surface area contributed by atoms with Gasteiger partial charge in [0.05, 0.1) is 11.9 Å². The van der Waals surface area contributed by atoms with Gasteiger partial charge in [0.1, 0.15) is 37.0 Å². The van der Waals surface area contributed by atoms with Crippen LogP contribution in [0.15, 0.2) is 105 Å². The number of rotatable bonds is 0. The molecule has 0 bridgehead atoms. The molecule has 0 N–H and O–H groups in total. The molecule has 6 aromatic heterocycles. The molecule has 0 unspecified atom stereocenters. The summed E-state index contributed by atoms with van der Waals surface area (Å²) in [6, 6.07) is 9.34. The highest BCUT2D eigenvalue weighted by atomic mass is 15.1. The lowest BCUT2D eigenvalue weighted by molar-refractivity contribution is 0.974. The second-order valence-corrected chi connectivity index (χ2v) is 8.03. The molecule has 0 saturated heterocycles. The maximum atomic E-state index is 3.87. The minimum Gasteiger partial charge on any atom is -0.245 e.